The maximum absolute atomic E-state index is 12.8. The van der Waals surface area contributed by atoms with Crippen LogP contribution in [-0.4, -0.2) is 44.0 Å². The van der Waals surface area contributed by atoms with E-state index >= 15 is 0 Å². The Hall–Kier alpha value is -2.22. The van der Waals surface area contributed by atoms with Gasteiger partial charge in [-0.15, -0.1) is 10.2 Å². The van der Waals surface area contributed by atoms with Gasteiger partial charge in [0.1, 0.15) is 12.4 Å². The molecule has 1 atom stereocenters. The third-order valence-corrected chi connectivity index (χ3v) is 6.48. The number of rotatable bonds is 7. The van der Waals surface area contributed by atoms with Gasteiger partial charge >= 0.3 is 0 Å². The normalized spacial score (nSPS) is 15.8. The molecule has 1 aliphatic heterocycles. The number of carbonyl (C=O) groups excluding carboxylic acids is 1. The van der Waals surface area contributed by atoms with Crippen LogP contribution in [0.4, 0.5) is 0 Å². The molecule has 2 aromatic rings. The summed E-state index contributed by atoms with van der Waals surface area (Å²) in [5, 5.41) is 8.64. The molecule has 8 heteroatoms. The number of nitrogen functional groups attached to an aromatic ring is 1. The van der Waals surface area contributed by atoms with E-state index in [0.717, 1.165) is 42.8 Å². The Morgan fingerprint density at radius 2 is 1.87 bits per heavy atom. The molecule has 1 aromatic carbocycles. The molecular weight excluding hydrogens is 398 g/mol. The van der Waals surface area contributed by atoms with Crippen LogP contribution in [-0.2, 0) is 11.4 Å². The lowest BCUT2D eigenvalue weighted by Crippen LogP contribution is -2.37. The maximum Gasteiger partial charge on any atom is 0.235 e. The number of aromatic nitrogens is 3. The third kappa shape index (κ3) is 5.47. The lowest BCUT2D eigenvalue weighted by molar-refractivity contribution is -0.130. The van der Waals surface area contributed by atoms with Gasteiger partial charge in [-0.2, -0.15) is 0 Å². The smallest absolute Gasteiger partial charge is 0.235 e. The highest BCUT2D eigenvalue weighted by Gasteiger charge is 2.24. The van der Waals surface area contributed by atoms with Gasteiger partial charge in [0.05, 0.1) is 5.25 Å². The first-order valence-electron chi connectivity index (χ1n) is 10.7. The standard InChI is InChI=1S/C22H33N5O2S/c1-15(2)18-10-9-16(3)13-19(18)29-14-20-24-25-22(27(20)23)30-17(4)21(28)26-11-7-5-6-8-12-26/h9-10,13,15,17H,5-8,11-12,14,23H2,1-4H3/t17-/m1/s1. The van der Waals surface area contributed by atoms with Crippen molar-refractivity contribution >= 4 is 17.7 Å². The molecule has 2 heterocycles. The quantitative estimate of drug-likeness (QED) is 0.529. The van der Waals surface area contributed by atoms with Crippen LogP contribution in [0.5, 0.6) is 5.75 Å². The van der Waals surface area contributed by atoms with E-state index in [9.17, 15) is 4.79 Å². The van der Waals surface area contributed by atoms with Crippen LogP contribution >= 0.6 is 11.8 Å². The molecule has 2 N–H and O–H groups in total. The van der Waals surface area contributed by atoms with E-state index in [4.69, 9.17) is 10.6 Å². The van der Waals surface area contributed by atoms with Crippen LogP contribution < -0.4 is 10.6 Å². The lowest BCUT2D eigenvalue weighted by atomic mass is 10.0. The minimum atomic E-state index is -0.257. The van der Waals surface area contributed by atoms with Crippen molar-refractivity contribution in [3.63, 3.8) is 0 Å². The molecule has 1 amide bonds. The number of hydrogen-bond donors (Lipinski definition) is 1. The summed E-state index contributed by atoms with van der Waals surface area (Å²) < 4.78 is 7.47. The zero-order valence-electron chi connectivity index (χ0n) is 18.4. The number of likely N-dealkylation sites (tertiary alicyclic amines) is 1. The highest BCUT2D eigenvalue weighted by Crippen LogP contribution is 2.28. The van der Waals surface area contributed by atoms with Gasteiger partial charge in [-0.3, -0.25) is 4.79 Å². The average molecular weight is 432 g/mol. The molecule has 0 aliphatic carbocycles. The van der Waals surface area contributed by atoms with Crippen LogP contribution in [0.1, 0.15) is 69.3 Å². The monoisotopic (exact) mass is 431 g/mol. The van der Waals surface area contributed by atoms with Gasteiger partial charge in [-0.25, -0.2) is 4.68 Å². The first kappa shape index (κ1) is 22.5. The first-order valence-corrected chi connectivity index (χ1v) is 11.6. The van der Waals surface area contributed by atoms with Gasteiger partial charge in [-0.1, -0.05) is 50.6 Å². The summed E-state index contributed by atoms with van der Waals surface area (Å²) in [6.45, 7) is 10.1. The van der Waals surface area contributed by atoms with Crippen molar-refractivity contribution < 1.29 is 9.53 Å². The summed E-state index contributed by atoms with van der Waals surface area (Å²) in [6.07, 6.45) is 4.56. The molecule has 30 heavy (non-hydrogen) atoms. The van der Waals surface area contributed by atoms with Crippen molar-refractivity contribution in [3.8, 4) is 5.75 Å². The van der Waals surface area contributed by atoms with Gasteiger partial charge < -0.3 is 15.5 Å². The van der Waals surface area contributed by atoms with Crippen molar-refractivity contribution in [1.29, 1.82) is 0 Å². The van der Waals surface area contributed by atoms with Crippen LogP contribution in [0.3, 0.4) is 0 Å². The van der Waals surface area contributed by atoms with E-state index in [0.29, 0.717) is 16.9 Å². The Bertz CT molecular complexity index is 859. The number of thioether (sulfide) groups is 1. The number of carbonyl (C=O) groups is 1. The van der Waals surface area contributed by atoms with Crippen LogP contribution in [0.2, 0.25) is 0 Å². The fraction of sp³-hybridized carbons (Fsp3) is 0.591. The molecule has 0 saturated carbocycles. The van der Waals surface area contributed by atoms with Crippen LogP contribution in [0, 0.1) is 6.92 Å². The molecule has 0 radical (unpaired) electrons. The number of nitrogens with zero attached hydrogens (tertiary/aromatic N) is 4. The minimum Gasteiger partial charge on any atom is -0.485 e. The van der Waals surface area contributed by atoms with Crippen LogP contribution in [0.25, 0.3) is 0 Å². The fourth-order valence-corrected chi connectivity index (χ4v) is 4.50. The van der Waals surface area contributed by atoms with Gasteiger partial charge in [0.2, 0.25) is 11.1 Å². The van der Waals surface area contributed by atoms with E-state index in [1.807, 2.05) is 24.8 Å². The van der Waals surface area contributed by atoms with Gasteiger partial charge in [0.25, 0.3) is 0 Å². The lowest BCUT2D eigenvalue weighted by Gasteiger charge is -2.23. The Labute approximate surface area is 183 Å². The highest BCUT2D eigenvalue weighted by atomic mass is 32.2. The number of hydrogen-bond acceptors (Lipinski definition) is 6. The summed E-state index contributed by atoms with van der Waals surface area (Å²) in [5.41, 5.74) is 2.29. The largest absolute Gasteiger partial charge is 0.485 e. The molecule has 0 unspecified atom stereocenters. The molecule has 0 bridgehead atoms. The topological polar surface area (TPSA) is 86.3 Å². The summed E-state index contributed by atoms with van der Waals surface area (Å²) in [7, 11) is 0. The molecule has 7 nitrogen and oxygen atoms in total. The zero-order valence-corrected chi connectivity index (χ0v) is 19.2. The predicted molar refractivity (Wildman–Crippen MR) is 120 cm³/mol. The van der Waals surface area contributed by atoms with Crippen molar-refractivity contribution in [2.24, 2.45) is 0 Å². The second kappa shape index (κ2) is 10.2. The molecule has 0 spiro atoms. The molecule has 1 aliphatic rings. The van der Waals surface area contributed by atoms with Crippen molar-refractivity contribution in [1.82, 2.24) is 19.8 Å². The van der Waals surface area contributed by atoms with E-state index in [-0.39, 0.29) is 17.8 Å². The van der Waals surface area contributed by atoms with Gasteiger partial charge in [0, 0.05) is 13.1 Å². The number of aryl methyl sites for hydroxylation is 1. The first-order chi connectivity index (χ1) is 14.4. The molecule has 164 valence electrons. The minimum absolute atomic E-state index is 0.143. The van der Waals surface area contributed by atoms with E-state index in [1.54, 1.807) is 0 Å². The fourth-order valence-electron chi connectivity index (χ4n) is 3.63. The second-order valence-electron chi connectivity index (χ2n) is 8.25. The molecule has 1 aromatic heterocycles. The van der Waals surface area contributed by atoms with Crippen molar-refractivity contribution in [2.45, 2.75) is 76.3 Å². The highest BCUT2D eigenvalue weighted by molar-refractivity contribution is 8.00. The molecule has 3 rings (SSSR count). The maximum atomic E-state index is 12.8. The van der Waals surface area contributed by atoms with Gasteiger partial charge in [-0.05, 0) is 49.8 Å². The molecular formula is C22H33N5O2S. The van der Waals surface area contributed by atoms with Gasteiger partial charge in [0.15, 0.2) is 5.82 Å². The summed E-state index contributed by atoms with van der Waals surface area (Å²) in [5.74, 6) is 8.08. The average Bonchev–Trinajstić information content (AvgIpc) is 2.91. The third-order valence-electron chi connectivity index (χ3n) is 5.43. The van der Waals surface area contributed by atoms with E-state index < -0.39 is 0 Å². The van der Waals surface area contributed by atoms with E-state index in [1.165, 1.54) is 29.3 Å². The predicted octanol–water partition coefficient (Wildman–Crippen LogP) is 3.89. The number of nitrogens with two attached hydrogens (primary N) is 1. The SMILES string of the molecule is Cc1ccc(C(C)C)c(OCc2nnc(S[C@H](C)C(=O)N3CCCCCC3)n2N)c1. The number of amides is 1. The van der Waals surface area contributed by atoms with Crippen LogP contribution in [0.15, 0.2) is 23.4 Å². The second-order valence-corrected chi connectivity index (χ2v) is 9.56. The summed E-state index contributed by atoms with van der Waals surface area (Å²) >= 11 is 1.35. The van der Waals surface area contributed by atoms with Crippen molar-refractivity contribution in [3.05, 3.63) is 35.2 Å². The number of ether oxygens (including phenoxy) is 1. The zero-order chi connectivity index (χ0) is 21.7. The van der Waals surface area contributed by atoms with E-state index in [2.05, 4.69) is 36.2 Å². The number of benzene rings is 1. The Balaban J connectivity index is 1.63. The Kier molecular flexibility index (Phi) is 7.64. The molecule has 1 fully saturated rings. The Morgan fingerprint density at radius 1 is 1.17 bits per heavy atom. The summed E-state index contributed by atoms with van der Waals surface area (Å²) in [6, 6.07) is 6.22. The summed E-state index contributed by atoms with van der Waals surface area (Å²) in [4.78, 5) is 14.8. The Morgan fingerprint density at radius 3 is 2.53 bits per heavy atom. The van der Waals surface area contributed by atoms with Crippen molar-refractivity contribution in [2.75, 3.05) is 18.9 Å². The molecule has 1 saturated heterocycles.